The average Bonchev–Trinajstić information content (AvgIpc) is 3.33. The molecule has 2 amide bonds. The summed E-state index contributed by atoms with van der Waals surface area (Å²) < 4.78 is 0. The number of carbonyl (C=O) groups is 2. The summed E-state index contributed by atoms with van der Waals surface area (Å²) in [5.41, 5.74) is 2.81. The van der Waals surface area contributed by atoms with Gasteiger partial charge in [0.25, 0.3) is 11.8 Å². The number of nitrogens with one attached hydrogen (secondary N) is 3. The van der Waals surface area contributed by atoms with E-state index in [1.807, 2.05) is 6.07 Å². The van der Waals surface area contributed by atoms with Crippen LogP contribution in [0.2, 0.25) is 0 Å². The topological polar surface area (TPSA) is 114 Å². The first-order chi connectivity index (χ1) is 13.1. The fourth-order valence-electron chi connectivity index (χ4n) is 3.42. The zero-order valence-electron chi connectivity index (χ0n) is 15.0. The zero-order valence-corrected chi connectivity index (χ0v) is 15.0. The highest BCUT2D eigenvalue weighted by Crippen LogP contribution is 2.34. The number of anilines is 2. The third-order valence-corrected chi connectivity index (χ3v) is 5.06. The third kappa shape index (κ3) is 3.36. The van der Waals surface area contributed by atoms with Crippen LogP contribution < -0.4 is 10.6 Å². The Hall–Kier alpha value is -3.34. The molecular weight excluding hydrogens is 344 g/mol. The van der Waals surface area contributed by atoms with Crippen LogP contribution in [0, 0.1) is 17.2 Å². The lowest BCUT2D eigenvalue weighted by Crippen LogP contribution is -2.36. The monoisotopic (exact) mass is 364 g/mol. The molecule has 2 aromatic rings. The lowest BCUT2D eigenvalue weighted by atomic mass is 10.1. The second-order valence-electron chi connectivity index (χ2n) is 7.10. The lowest BCUT2D eigenvalue weighted by Gasteiger charge is -2.15. The van der Waals surface area contributed by atoms with Crippen molar-refractivity contribution in [2.45, 2.75) is 31.8 Å². The molecule has 0 radical (unpaired) electrons. The first-order valence-electron chi connectivity index (χ1n) is 8.93. The van der Waals surface area contributed by atoms with E-state index in [0.29, 0.717) is 35.8 Å². The van der Waals surface area contributed by atoms with Gasteiger partial charge in [-0.25, -0.2) is 0 Å². The molecule has 8 nitrogen and oxygen atoms in total. The quantitative estimate of drug-likeness (QED) is 0.727. The Kier molecular flexibility index (Phi) is 4.28. The summed E-state index contributed by atoms with van der Waals surface area (Å²) in [6, 6.07) is 7.52. The number of aromatic nitrogens is 2. The van der Waals surface area contributed by atoms with Gasteiger partial charge < -0.3 is 15.5 Å². The Morgan fingerprint density at radius 1 is 1.48 bits per heavy atom. The summed E-state index contributed by atoms with van der Waals surface area (Å²) in [5, 5.41) is 21.9. The average molecular weight is 364 g/mol. The maximum Gasteiger partial charge on any atom is 0.256 e. The molecule has 0 bridgehead atoms. The summed E-state index contributed by atoms with van der Waals surface area (Å²) >= 11 is 0. The fraction of sp³-hybridized carbons (Fsp3) is 0.368. The van der Waals surface area contributed by atoms with Crippen molar-refractivity contribution in [2.24, 2.45) is 5.92 Å². The standard InChI is InChI=1S/C19H20N6O2/c1-25-10-12-8-13(4-5-14(12)19(25)27)22-17-15(9-21-24-17)18(26)23-16(6-7-20)11-2-3-11/h4-5,8-9,11,16H,2-3,6,10H2,1H3,(H,23,26)(H2,21,22,24). The van der Waals surface area contributed by atoms with E-state index < -0.39 is 0 Å². The van der Waals surface area contributed by atoms with Gasteiger partial charge in [0.1, 0.15) is 11.4 Å². The second-order valence-corrected chi connectivity index (χ2v) is 7.10. The molecule has 27 heavy (non-hydrogen) atoms. The van der Waals surface area contributed by atoms with Crippen molar-refractivity contribution in [1.82, 2.24) is 20.4 Å². The summed E-state index contributed by atoms with van der Waals surface area (Å²) in [6.07, 6.45) is 3.87. The Morgan fingerprint density at radius 3 is 3.04 bits per heavy atom. The zero-order chi connectivity index (χ0) is 19.0. The molecule has 1 atom stereocenters. The first-order valence-corrected chi connectivity index (χ1v) is 8.93. The van der Waals surface area contributed by atoms with Gasteiger partial charge in [-0.3, -0.25) is 14.7 Å². The van der Waals surface area contributed by atoms with Gasteiger partial charge in [0, 0.05) is 30.9 Å². The van der Waals surface area contributed by atoms with Crippen LogP contribution in [0.15, 0.2) is 24.4 Å². The largest absolute Gasteiger partial charge is 0.348 e. The van der Waals surface area contributed by atoms with Crippen molar-refractivity contribution in [3.8, 4) is 6.07 Å². The number of aromatic amines is 1. The van der Waals surface area contributed by atoms with Crippen LogP contribution in [0.3, 0.4) is 0 Å². The van der Waals surface area contributed by atoms with E-state index in [4.69, 9.17) is 5.26 Å². The second kappa shape index (κ2) is 6.76. The number of H-pyrrole nitrogens is 1. The van der Waals surface area contributed by atoms with Gasteiger partial charge in [-0.15, -0.1) is 0 Å². The first kappa shape index (κ1) is 17.1. The third-order valence-electron chi connectivity index (χ3n) is 5.06. The molecule has 4 rings (SSSR count). The minimum absolute atomic E-state index is 0.0155. The highest BCUT2D eigenvalue weighted by Gasteiger charge is 2.33. The number of amides is 2. The maximum absolute atomic E-state index is 12.6. The van der Waals surface area contributed by atoms with E-state index in [1.54, 1.807) is 24.1 Å². The molecule has 1 aliphatic carbocycles. The molecule has 2 heterocycles. The molecule has 1 aromatic heterocycles. The number of fused-ring (bicyclic) bond motifs is 1. The van der Waals surface area contributed by atoms with E-state index in [2.05, 4.69) is 26.9 Å². The molecule has 0 saturated heterocycles. The van der Waals surface area contributed by atoms with E-state index in [0.717, 1.165) is 24.1 Å². The number of rotatable bonds is 6. The van der Waals surface area contributed by atoms with Crippen molar-refractivity contribution in [3.63, 3.8) is 0 Å². The molecule has 1 aliphatic heterocycles. The molecule has 138 valence electrons. The van der Waals surface area contributed by atoms with Crippen LogP contribution in [0.5, 0.6) is 0 Å². The molecule has 1 aromatic carbocycles. The highest BCUT2D eigenvalue weighted by atomic mass is 16.2. The Labute approximate surface area is 156 Å². The van der Waals surface area contributed by atoms with Gasteiger partial charge >= 0.3 is 0 Å². The van der Waals surface area contributed by atoms with Crippen molar-refractivity contribution < 1.29 is 9.59 Å². The van der Waals surface area contributed by atoms with Gasteiger partial charge in [-0.2, -0.15) is 10.4 Å². The van der Waals surface area contributed by atoms with Gasteiger partial charge in [0.2, 0.25) is 0 Å². The Balaban J connectivity index is 1.49. The number of hydrogen-bond acceptors (Lipinski definition) is 5. The summed E-state index contributed by atoms with van der Waals surface area (Å²) in [4.78, 5) is 26.3. The van der Waals surface area contributed by atoms with Gasteiger partial charge in [-0.1, -0.05) is 0 Å². The molecule has 8 heteroatoms. The molecule has 2 aliphatic rings. The Morgan fingerprint density at radius 2 is 2.30 bits per heavy atom. The predicted molar refractivity (Wildman–Crippen MR) is 98.3 cm³/mol. The number of carbonyl (C=O) groups excluding carboxylic acids is 2. The molecule has 3 N–H and O–H groups in total. The fourth-order valence-corrected chi connectivity index (χ4v) is 3.42. The smallest absolute Gasteiger partial charge is 0.256 e. The van der Waals surface area contributed by atoms with E-state index in [1.165, 1.54) is 6.20 Å². The minimum atomic E-state index is -0.255. The molecule has 1 fully saturated rings. The number of hydrogen-bond donors (Lipinski definition) is 3. The van der Waals surface area contributed by atoms with E-state index >= 15 is 0 Å². The van der Waals surface area contributed by atoms with Crippen molar-refractivity contribution in [3.05, 3.63) is 41.1 Å². The van der Waals surface area contributed by atoms with E-state index in [9.17, 15) is 9.59 Å². The van der Waals surface area contributed by atoms with Crippen molar-refractivity contribution >= 4 is 23.3 Å². The van der Waals surface area contributed by atoms with Crippen molar-refractivity contribution in [2.75, 3.05) is 12.4 Å². The molecular formula is C19H20N6O2. The predicted octanol–water partition coefficient (Wildman–Crippen LogP) is 2.16. The van der Waals surface area contributed by atoms with Crippen LogP contribution in [-0.2, 0) is 6.54 Å². The molecule has 1 unspecified atom stereocenters. The summed E-state index contributed by atoms with van der Waals surface area (Å²) in [7, 11) is 1.77. The number of benzene rings is 1. The van der Waals surface area contributed by atoms with Crippen LogP contribution in [0.25, 0.3) is 0 Å². The Bertz CT molecular complexity index is 940. The maximum atomic E-state index is 12.6. The van der Waals surface area contributed by atoms with E-state index in [-0.39, 0.29) is 17.9 Å². The summed E-state index contributed by atoms with van der Waals surface area (Å²) in [6.45, 7) is 0.567. The van der Waals surface area contributed by atoms with Crippen LogP contribution >= 0.6 is 0 Å². The van der Waals surface area contributed by atoms with Crippen LogP contribution in [0.1, 0.15) is 45.5 Å². The lowest BCUT2D eigenvalue weighted by molar-refractivity contribution is 0.0816. The van der Waals surface area contributed by atoms with Gasteiger partial charge in [-0.05, 0) is 42.5 Å². The molecule has 0 spiro atoms. The SMILES string of the molecule is CN1Cc2cc(Nc3[nH]ncc3C(=O)NC(CC#N)C3CC3)ccc2C1=O. The molecule has 1 saturated carbocycles. The number of nitrogens with zero attached hydrogens (tertiary/aromatic N) is 3. The highest BCUT2D eigenvalue weighted by molar-refractivity contribution is 6.00. The van der Waals surface area contributed by atoms with Gasteiger partial charge in [0.15, 0.2) is 0 Å². The van der Waals surface area contributed by atoms with Crippen LogP contribution in [-0.4, -0.2) is 40.0 Å². The van der Waals surface area contributed by atoms with Crippen molar-refractivity contribution in [1.29, 1.82) is 5.26 Å². The van der Waals surface area contributed by atoms with Crippen LogP contribution in [0.4, 0.5) is 11.5 Å². The normalized spacial score (nSPS) is 16.6. The summed E-state index contributed by atoms with van der Waals surface area (Å²) in [5.74, 6) is 0.635. The number of nitriles is 1. The minimum Gasteiger partial charge on any atom is -0.348 e. The van der Waals surface area contributed by atoms with Gasteiger partial charge in [0.05, 0.1) is 18.7 Å².